The van der Waals surface area contributed by atoms with Crippen molar-refractivity contribution in [1.29, 1.82) is 0 Å². The monoisotopic (exact) mass is 576 g/mol. The van der Waals surface area contributed by atoms with Gasteiger partial charge in [0.2, 0.25) is 0 Å². The highest BCUT2D eigenvalue weighted by Crippen LogP contribution is 2.56. The minimum atomic E-state index is 0.0752. The summed E-state index contributed by atoms with van der Waals surface area (Å²) in [5.74, 6) is 0. The number of hydrogen-bond donors (Lipinski definition) is 0. The Bertz CT molecular complexity index is 1740. The van der Waals surface area contributed by atoms with Gasteiger partial charge in [-0.3, -0.25) is 0 Å². The van der Waals surface area contributed by atoms with Crippen molar-refractivity contribution >= 4 is 0 Å². The van der Waals surface area contributed by atoms with E-state index in [0.717, 1.165) is 0 Å². The van der Waals surface area contributed by atoms with Gasteiger partial charge in [-0.15, -0.1) is 0 Å². The van der Waals surface area contributed by atoms with Crippen molar-refractivity contribution in [3.63, 3.8) is 0 Å². The molecule has 0 atom stereocenters. The minimum Gasteiger partial charge on any atom is -0.0683 e. The van der Waals surface area contributed by atoms with E-state index in [0.29, 0.717) is 0 Å². The third-order valence-corrected chi connectivity index (χ3v) is 11.3. The Balaban J connectivity index is 0.000000154. The highest BCUT2D eigenvalue weighted by Gasteiger charge is 2.45. The predicted molar refractivity (Wildman–Crippen MR) is 191 cm³/mol. The van der Waals surface area contributed by atoms with Gasteiger partial charge in [-0.1, -0.05) is 172 Å². The largest absolute Gasteiger partial charge is 0.0683 e. The summed E-state index contributed by atoms with van der Waals surface area (Å²) < 4.78 is 0. The molecule has 0 radical (unpaired) electrons. The van der Waals surface area contributed by atoms with E-state index in [1.165, 1.54) is 66.8 Å². The summed E-state index contributed by atoms with van der Waals surface area (Å²) in [6.07, 6.45) is 0. The second-order valence-corrected chi connectivity index (χ2v) is 14.6. The summed E-state index contributed by atoms with van der Waals surface area (Å²) in [5.41, 5.74) is 17.7. The van der Waals surface area contributed by atoms with Crippen molar-refractivity contribution in [2.45, 2.75) is 90.9 Å². The van der Waals surface area contributed by atoms with Crippen molar-refractivity contribution in [3.8, 4) is 33.4 Å². The fourth-order valence-corrected chi connectivity index (χ4v) is 8.10. The maximum Gasteiger partial charge on any atom is 0.0158 e. The van der Waals surface area contributed by atoms with Crippen molar-refractivity contribution < 1.29 is 0 Å². The molecule has 0 unspecified atom stereocenters. The Morgan fingerprint density at radius 2 is 0.568 bits per heavy atom. The molecule has 0 N–H and O–H groups in total. The van der Waals surface area contributed by atoms with Crippen LogP contribution in [0.25, 0.3) is 33.4 Å². The fourth-order valence-electron chi connectivity index (χ4n) is 8.10. The van der Waals surface area contributed by atoms with Gasteiger partial charge >= 0.3 is 0 Å². The lowest BCUT2D eigenvalue weighted by Gasteiger charge is -2.48. The second kappa shape index (κ2) is 10.3. The summed E-state index contributed by atoms with van der Waals surface area (Å²) in [5, 5.41) is 0. The first-order chi connectivity index (χ1) is 20.9. The van der Waals surface area contributed by atoms with Crippen LogP contribution in [0.15, 0.2) is 109 Å². The van der Waals surface area contributed by atoms with Crippen LogP contribution in [0.1, 0.15) is 103 Å². The molecule has 5 aromatic rings. The first-order valence-electron chi connectivity index (χ1n) is 16.5. The van der Waals surface area contributed by atoms with Crippen LogP contribution in [0.2, 0.25) is 0 Å². The zero-order valence-electron chi connectivity index (χ0n) is 28.4. The average Bonchev–Trinajstić information content (AvgIpc) is 3.40. The molecule has 0 saturated heterocycles. The maximum absolute atomic E-state index is 2.49. The van der Waals surface area contributed by atoms with Gasteiger partial charge in [0.1, 0.15) is 0 Å². The van der Waals surface area contributed by atoms with Crippen LogP contribution in [0, 0.1) is 0 Å². The van der Waals surface area contributed by atoms with Crippen LogP contribution in [0.3, 0.4) is 0 Å². The summed E-state index contributed by atoms with van der Waals surface area (Å²) >= 11 is 0. The Morgan fingerprint density at radius 1 is 0.295 bits per heavy atom. The molecule has 0 heterocycles. The molecule has 0 nitrogen and oxygen atoms in total. The van der Waals surface area contributed by atoms with Crippen LogP contribution < -0.4 is 0 Å². The highest BCUT2D eigenvalue weighted by molar-refractivity contribution is 5.90. The molecule has 44 heavy (non-hydrogen) atoms. The van der Waals surface area contributed by atoms with Crippen LogP contribution in [0.4, 0.5) is 0 Å². The van der Waals surface area contributed by atoms with Gasteiger partial charge in [0.15, 0.2) is 0 Å². The van der Waals surface area contributed by atoms with E-state index in [1.54, 1.807) is 0 Å². The van der Waals surface area contributed by atoms with Crippen LogP contribution in [-0.4, -0.2) is 0 Å². The van der Waals surface area contributed by atoms with Crippen LogP contribution in [0.5, 0.6) is 0 Å². The molecular formula is C44H48. The number of fused-ring (bicyclic) bond motifs is 9. The predicted octanol–water partition coefficient (Wildman–Crippen LogP) is 12.2. The molecule has 8 rings (SSSR count). The lowest BCUT2D eigenvalue weighted by atomic mass is 9.55. The highest BCUT2D eigenvalue weighted by atomic mass is 14.5. The zero-order valence-corrected chi connectivity index (χ0v) is 28.4. The van der Waals surface area contributed by atoms with Crippen molar-refractivity contribution in [2.75, 3.05) is 0 Å². The normalized spacial score (nSPS) is 17.6. The Kier molecular flexibility index (Phi) is 7.08. The van der Waals surface area contributed by atoms with Gasteiger partial charge in [-0.2, -0.15) is 0 Å². The molecule has 0 bridgehead atoms. The van der Waals surface area contributed by atoms with Crippen LogP contribution in [-0.2, 0) is 21.7 Å². The molecule has 3 aliphatic carbocycles. The van der Waals surface area contributed by atoms with E-state index in [4.69, 9.17) is 0 Å². The SMILES string of the molecule is CC.CC1(C)c2ccccc2-c2cc3c(cc21)C(C)(C)c1ccccc1-3.CC1(C)c2ccccc2-c2ccccc2C1(C)C. The van der Waals surface area contributed by atoms with E-state index in [1.807, 2.05) is 13.8 Å². The van der Waals surface area contributed by atoms with E-state index >= 15 is 0 Å². The molecule has 224 valence electrons. The van der Waals surface area contributed by atoms with Crippen LogP contribution >= 0.6 is 0 Å². The van der Waals surface area contributed by atoms with Gasteiger partial charge in [0.05, 0.1) is 0 Å². The lowest BCUT2D eigenvalue weighted by Crippen LogP contribution is -2.43. The first kappa shape index (κ1) is 30.1. The van der Waals surface area contributed by atoms with Crippen molar-refractivity contribution in [3.05, 3.63) is 143 Å². The summed E-state index contributed by atoms with van der Waals surface area (Å²) in [6, 6.07) is 40.4. The maximum atomic E-state index is 2.49. The topological polar surface area (TPSA) is 0 Å². The summed E-state index contributed by atoms with van der Waals surface area (Å²) in [7, 11) is 0. The molecule has 0 spiro atoms. The molecule has 0 fully saturated rings. The van der Waals surface area contributed by atoms with Crippen molar-refractivity contribution in [2.24, 2.45) is 0 Å². The van der Waals surface area contributed by atoms with E-state index in [9.17, 15) is 0 Å². The van der Waals surface area contributed by atoms with Crippen molar-refractivity contribution in [1.82, 2.24) is 0 Å². The molecule has 0 aliphatic heterocycles. The number of rotatable bonds is 0. The van der Waals surface area contributed by atoms with Gasteiger partial charge < -0.3 is 0 Å². The van der Waals surface area contributed by atoms with Gasteiger partial charge in [0, 0.05) is 10.8 Å². The third-order valence-electron chi connectivity index (χ3n) is 11.3. The molecule has 0 amide bonds. The standard InChI is InChI=1S/C24H22.C18H20.C2H6/c1-23(2)19-11-7-5-9-15(19)17-13-18-16-10-6-8-12-20(16)24(3,4)22(18)14-21(17)23;1-17(2)15-11-7-5-9-13(15)14-10-6-8-12-16(14)18(17,3)4;1-2/h5-14H,1-4H3;5-12H,1-4H3;1-2H3. The molecule has 5 aromatic carbocycles. The number of hydrogen-bond acceptors (Lipinski definition) is 0. The van der Waals surface area contributed by atoms with Gasteiger partial charge in [-0.25, -0.2) is 0 Å². The van der Waals surface area contributed by atoms with Gasteiger partial charge in [0.25, 0.3) is 0 Å². The first-order valence-corrected chi connectivity index (χ1v) is 16.5. The zero-order chi connectivity index (χ0) is 31.7. The third kappa shape index (κ3) is 4.10. The molecule has 3 aliphatic rings. The summed E-state index contributed by atoms with van der Waals surface area (Å²) in [6.45, 7) is 22.9. The summed E-state index contributed by atoms with van der Waals surface area (Å²) in [4.78, 5) is 0. The molecule has 0 aromatic heterocycles. The second-order valence-electron chi connectivity index (χ2n) is 14.6. The number of benzene rings is 5. The molecular weight excluding hydrogens is 528 g/mol. The van der Waals surface area contributed by atoms with E-state index in [2.05, 4.69) is 165 Å². The lowest BCUT2D eigenvalue weighted by molar-refractivity contribution is 0.299. The average molecular weight is 577 g/mol. The van der Waals surface area contributed by atoms with Gasteiger partial charge in [-0.05, 0) is 83.7 Å². The Hall–Kier alpha value is -3.90. The molecule has 0 heteroatoms. The Labute approximate surface area is 266 Å². The smallest absolute Gasteiger partial charge is 0.0158 e. The van der Waals surface area contributed by atoms with E-state index < -0.39 is 0 Å². The fraction of sp³-hybridized carbons (Fsp3) is 0.318. The quantitative estimate of drug-likeness (QED) is 0.172. The minimum absolute atomic E-state index is 0.0752. The van der Waals surface area contributed by atoms with E-state index in [-0.39, 0.29) is 21.7 Å². The Morgan fingerprint density at radius 3 is 0.909 bits per heavy atom. The molecule has 0 saturated carbocycles.